The highest BCUT2D eigenvalue weighted by atomic mass is 32.2. The van der Waals surface area contributed by atoms with Gasteiger partial charge >= 0.3 is 0 Å². The van der Waals surface area contributed by atoms with E-state index in [0.29, 0.717) is 0 Å². The molecule has 3 nitrogen and oxygen atoms in total. The lowest BCUT2D eigenvalue weighted by molar-refractivity contribution is -0.116. The SMILES string of the molecule is CC(=O)C(C1CC1)S(=O)[O-]. The van der Waals surface area contributed by atoms with Crippen LogP contribution in [0.3, 0.4) is 0 Å². The minimum atomic E-state index is -2.20. The highest BCUT2D eigenvalue weighted by molar-refractivity contribution is 7.80. The van der Waals surface area contributed by atoms with Gasteiger partial charge in [-0.15, -0.1) is 0 Å². The lowest BCUT2D eigenvalue weighted by atomic mass is 10.2. The van der Waals surface area contributed by atoms with Crippen molar-refractivity contribution in [3.63, 3.8) is 0 Å². The van der Waals surface area contributed by atoms with Gasteiger partial charge in [-0.05, 0) is 36.8 Å². The second kappa shape index (κ2) is 2.80. The first-order chi connectivity index (χ1) is 4.63. The van der Waals surface area contributed by atoms with Crippen LogP contribution in [0.2, 0.25) is 0 Å². The molecule has 0 aromatic heterocycles. The molecule has 0 spiro atoms. The van der Waals surface area contributed by atoms with Gasteiger partial charge in [0, 0.05) is 0 Å². The summed E-state index contributed by atoms with van der Waals surface area (Å²) in [5.74, 6) is -0.105. The molecule has 0 radical (unpaired) electrons. The molecule has 1 saturated carbocycles. The van der Waals surface area contributed by atoms with Crippen LogP contribution in [0.5, 0.6) is 0 Å². The van der Waals surface area contributed by atoms with Crippen molar-refractivity contribution in [1.29, 1.82) is 0 Å². The molecule has 0 saturated heterocycles. The van der Waals surface area contributed by atoms with E-state index in [9.17, 15) is 13.6 Å². The summed E-state index contributed by atoms with van der Waals surface area (Å²) in [4.78, 5) is 10.7. The maximum atomic E-state index is 10.7. The maximum absolute atomic E-state index is 10.7. The molecular formula is C6H9O3S-. The van der Waals surface area contributed by atoms with Gasteiger partial charge in [0.05, 0.1) is 5.25 Å². The molecule has 58 valence electrons. The molecule has 10 heavy (non-hydrogen) atoms. The second-order valence-corrected chi connectivity index (χ2v) is 3.66. The van der Waals surface area contributed by atoms with Crippen LogP contribution in [0.25, 0.3) is 0 Å². The van der Waals surface area contributed by atoms with Gasteiger partial charge in [0.25, 0.3) is 0 Å². The number of ketones is 1. The molecule has 0 aliphatic heterocycles. The standard InChI is InChI=1S/C6H10O3S/c1-4(7)6(10(8)9)5-2-3-5/h5-6H,2-3H2,1H3,(H,8,9)/p-1. The molecule has 0 N–H and O–H groups in total. The highest BCUT2D eigenvalue weighted by Gasteiger charge is 2.34. The fourth-order valence-electron chi connectivity index (χ4n) is 1.02. The monoisotopic (exact) mass is 161 g/mol. The van der Waals surface area contributed by atoms with Crippen molar-refractivity contribution in [2.75, 3.05) is 0 Å². The Morgan fingerprint density at radius 2 is 2.20 bits per heavy atom. The van der Waals surface area contributed by atoms with Gasteiger partial charge in [0.1, 0.15) is 5.78 Å². The van der Waals surface area contributed by atoms with Gasteiger partial charge in [-0.2, -0.15) is 0 Å². The number of carbonyl (C=O) groups excluding carboxylic acids is 1. The van der Waals surface area contributed by atoms with Crippen LogP contribution >= 0.6 is 0 Å². The van der Waals surface area contributed by atoms with Crippen molar-refractivity contribution in [3.05, 3.63) is 0 Å². The van der Waals surface area contributed by atoms with Crippen LogP contribution in [0, 0.1) is 5.92 Å². The Bertz CT molecular complexity index is 160. The van der Waals surface area contributed by atoms with E-state index in [2.05, 4.69) is 0 Å². The van der Waals surface area contributed by atoms with Crippen LogP contribution in [0.4, 0.5) is 0 Å². The molecule has 2 atom stereocenters. The van der Waals surface area contributed by atoms with E-state index in [1.54, 1.807) is 0 Å². The summed E-state index contributed by atoms with van der Waals surface area (Å²) in [7, 11) is 0. The molecule has 2 unspecified atom stereocenters. The third-order valence-corrected chi connectivity index (χ3v) is 2.79. The van der Waals surface area contributed by atoms with Crippen LogP contribution in [-0.4, -0.2) is 19.8 Å². The molecule has 0 bridgehead atoms. The fraction of sp³-hybridized carbons (Fsp3) is 0.833. The average molecular weight is 161 g/mol. The molecule has 1 fully saturated rings. The Balaban J connectivity index is 2.58. The Morgan fingerprint density at radius 1 is 1.70 bits per heavy atom. The van der Waals surface area contributed by atoms with Crippen molar-refractivity contribution in [2.45, 2.75) is 25.0 Å². The zero-order valence-electron chi connectivity index (χ0n) is 5.70. The quantitative estimate of drug-likeness (QED) is 0.557. The van der Waals surface area contributed by atoms with Gasteiger partial charge in [-0.1, -0.05) is 0 Å². The molecular weight excluding hydrogens is 152 g/mol. The lowest BCUT2D eigenvalue weighted by Crippen LogP contribution is -2.25. The van der Waals surface area contributed by atoms with Crippen molar-refractivity contribution in [3.8, 4) is 0 Å². The van der Waals surface area contributed by atoms with Crippen LogP contribution in [0.1, 0.15) is 19.8 Å². The first-order valence-electron chi connectivity index (χ1n) is 3.21. The lowest BCUT2D eigenvalue weighted by Gasteiger charge is -2.14. The van der Waals surface area contributed by atoms with Gasteiger partial charge in [0.2, 0.25) is 0 Å². The fourth-order valence-corrected chi connectivity index (χ4v) is 1.88. The molecule has 4 heteroatoms. The molecule has 1 aliphatic rings. The summed E-state index contributed by atoms with van der Waals surface area (Å²) in [6.45, 7) is 1.33. The molecule has 0 aromatic carbocycles. The first-order valence-corrected chi connectivity index (χ1v) is 4.35. The van der Waals surface area contributed by atoms with Crippen molar-refractivity contribution in [1.82, 2.24) is 0 Å². The van der Waals surface area contributed by atoms with Crippen molar-refractivity contribution < 1.29 is 13.6 Å². The van der Waals surface area contributed by atoms with E-state index in [-0.39, 0.29) is 11.7 Å². The summed E-state index contributed by atoms with van der Waals surface area (Å²) in [6, 6.07) is 0. The van der Waals surface area contributed by atoms with E-state index >= 15 is 0 Å². The third kappa shape index (κ3) is 1.64. The van der Waals surface area contributed by atoms with Crippen molar-refractivity contribution in [2.24, 2.45) is 5.92 Å². The maximum Gasteiger partial charge on any atom is 0.144 e. The van der Waals surface area contributed by atoms with Crippen LogP contribution < -0.4 is 0 Å². The van der Waals surface area contributed by atoms with Crippen LogP contribution in [0.15, 0.2) is 0 Å². The van der Waals surface area contributed by atoms with E-state index in [1.807, 2.05) is 0 Å². The third-order valence-electron chi connectivity index (χ3n) is 1.66. The molecule has 1 aliphatic carbocycles. The second-order valence-electron chi connectivity index (χ2n) is 2.63. The van der Waals surface area contributed by atoms with E-state index in [0.717, 1.165) is 12.8 Å². The largest absolute Gasteiger partial charge is 0.772 e. The minimum absolute atomic E-state index is 0.121. The van der Waals surface area contributed by atoms with Crippen molar-refractivity contribution >= 4 is 16.9 Å². The molecule has 1 rings (SSSR count). The number of carbonyl (C=O) groups is 1. The normalized spacial score (nSPS) is 23.8. The smallest absolute Gasteiger partial charge is 0.144 e. The molecule has 0 amide bonds. The number of hydrogen-bond acceptors (Lipinski definition) is 3. The Morgan fingerprint density at radius 3 is 2.30 bits per heavy atom. The van der Waals surface area contributed by atoms with E-state index in [1.165, 1.54) is 6.92 Å². The Kier molecular flexibility index (Phi) is 2.21. The van der Waals surface area contributed by atoms with E-state index < -0.39 is 16.3 Å². The Hall–Kier alpha value is -0.220. The van der Waals surface area contributed by atoms with Gasteiger partial charge < -0.3 is 4.55 Å². The number of Topliss-reactive ketones (excluding diaryl/α,β-unsaturated/α-hetero) is 1. The topological polar surface area (TPSA) is 57.2 Å². The summed E-state index contributed by atoms with van der Waals surface area (Å²) in [5.41, 5.74) is 0. The predicted octanol–water partition coefficient (Wildman–Crippen LogP) is 0.233. The zero-order chi connectivity index (χ0) is 7.72. The summed E-state index contributed by atoms with van der Waals surface area (Å²) < 4.78 is 20.8. The predicted molar refractivity (Wildman–Crippen MR) is 36.1 cm³/mol. The number of rotatable bonds is 3. The summed E-state index contributed by atoms with van der Waals surface area (Å²) >= 11 is -2.20. The first kappa shape index (κ1) is 7.88. The van der Waals surface area contributed by atoms with E-state index in [4.69, 9.17) is 0 Å². The van der Waals surface area contributed by atoms with Gasteiger partial charge in [-0.3, -0.25) is 9.00 Å². The Labute approximate surface area is 62.1 Å². The zero-order valence-corrected chi connectivity index (χ0v) is 6.52. The van der Waals surface area contributed by atoms with Gasteiger partial charge in [-0.25, -0.2) is 0 Å². The molecule has 0 aromatic rings. The summed E-state index contributed by atoms with van der Waals surface area (Å²) in [5, 5.41) is -0.722. The van der Waals surface area contributed by atoms with Crippen LogP contribution in [-0.2, 0) is 15.9 Å². The molecule has 0 heterocycles. The van der Waals surface area contributed by atoms with Gasteiger partial charge in [0.15, 0.2) is 0 Å². The summed E-state index contributed by atoms with van der Waals surface area (Å²) in [6.07, 6.45) is 1.77. The minimum Gasteiger partial charge on any atom is -0.772 e. The average Bonchev–Trinajstić information content (AvgIpc) is 2.46. The number of hydrogen-bond donors (Lipinski definition) is 0. The highest BCUT2D eigenvalue weighted by Crippen LogP contribution is 2.35.